The molecule has 3 aromatic carbocycles. The SMILES string of the molecule is COC(=O)c1ccc(OCCO[C@H]2CCCCO2)c(F)c1-c1c(Cl)c(F)cc2c1C[C@@](CNCC(=O)OC(C)(C)C)(c1ccccc1)O2. The summed E-state index contributed by atoms with van der Waals surface area (Å²) in [6.07, 6.45) is 2.47. The molecule has 2 heterocycles. The van der Waals surface area contributed by atoms with Crippen LogP contribution in [0, 0.1) is 11.6 Å². The normalized spacial score (nSPS) is 18.9. The van der Waals surface area contributed by atoms with E-state index >= 15 is 8.78 Å². The monoisotopic (exact) mass is 687 g/mol. The number of nitrogens with one attached hydrogen (secondary N) is 1. The van der Waals surface area contributed by atoms with E-state index in [2.05, 4.69) is 5.32 Å². The summed E-state index contributed by atoms with van der Waals surface area (Å²) < 4.78 is 66.0. The molecule has 1 N–H and O–H groups in total. The number of ether oxygens (including phenoxy) is 6. The molecule has 1 saturated heterocycles. The van der Waals surface area contributed by atoms with E-state index in [0.717, 1.165) is 32.4 Å². The van der Waals surface area contributed by atoms with Gasteiger partial charge in [0, 0.05) is 42.3 Å². The summed E-state index contributed by atoms with van der Waals surface area (Å²) in [6, 6.07) is 13.0. The second-order valence-corrected chi connectivity index (χ2v) is 13.0. The number of hydrogen-bond donors (Lipinski definition) is 1. The molecule has 2 atom stereocenters. The zero-order valence-electron chi connectivity index (χ0n) is 27.5. The molecule has 2 aliphatic rings. The highest BCUT2D eigenvalue weighted by molar-refractivity contribution is 6.34. The van der Waals surface area contributed by atoms with Crippen LogP contribution >= 0.6 is 11.6 Å². The van der Waals surface area contributed by atoms with Gasteiger partial charge in [-0.15, -0.1) is 0 Å². The Bertz CT molecular complexity index is 1620. The van der Waals surface area contributed by atoms with Crippen LogP contribution in [0.15, 0.2) is 48.5 Å². The average molecular weight is 688 g/mol. The Morgan fingerprint density at radius 2 is 1.83 bits per heavy atom. The van der Waals surface area contributed by atoms with Crippen molar-refractivity contribution in [2.24, 2.45) is 0 Å². The minimum Gasteiger partial charge on any atom is -0.488 e. The van der Waals surface area contributed by atoms with E-state index in [9.17, 15) is 9.59 Å². The Labute approximate surface area is 283 Å². The first kappa shape index (κ1) is 35.5. The zero-order valence-corrected chi connectivity index (χ0v) is 28.2. The fraction of sp³-hybridized carbons (Fsp3) is 0.444. The zero-order chi connectivity index (χ0) is 34.5. The summed E-state index contributed by atoms with van der Waals surface area (Å²) in [5, 5.41) is 2.71. The number of carbonyl (C=O) groups excluding carboxylic acids is 2. The van der Waals surface area contributed by atoms with E-state index in [4.69, 9.17) is 40.0 Å². The second-order valence-electron chi connectivity index (χ2n) is 12.7. The van der Waals surface area contributed by atoms with Gasteiger partial charge in [0.25, 0.3) is 0 Å². The molecule has 2 aliphatic heterocycles. The number of rotatable bonds is 12. The number of esters is 2. The standard InChI is InChI=1S/C36H40ClF2NO8/c1-35(2,3)48-28(41)20-40-21-36(22-10-6-5-7-11-22)19-24-27(47-36)18-25(38)32(37)30(24)31-23(34(42)43-4)13-14-26(33(31)39)44-16-17-46-29-12-8-9-15-45-29/h5-7,10-11,13-14,18,29,40H,8-9,12,15-17,19-21H2,1-4H3/t29-,36+/m0/s1. The minimum absolute atomic E-state index is 0.00761. The van der Waals surface area contributed by atoms with Crippen molar-refractivity contribution in [3.63, 3.8) is 0 Å². The molecular weight excluding hydrogens is 648 g/mol. The lowest BCUT2D eigenvalue weighted by Gasteiger charge is -2.30. The lowest BCUT2D eigenvalue weighted by molar-refractivity contribution is -0.165. The molecule has 0 amide bonds. The highest BCUT2D eigenvalue weighted by Gasteiger charge is 2.44. The van der Waals surface area contributed by atoms with Gasteiger partial charge in [0.2, 0.25) is 0 Å². The predicted octanol–water partition coefficient (Wildman–Crippen LogP) is 6.76. The van der Waals surface area contributed by atoms with E-state index in [1.165, 1.54) is 12.1 Å². The number of hydrogen-bond acceptors (Lipinski definition) is 9. The van der Waals surface area contributed by atoms with Crippen molar-refractivity contribution in [3.05, 3.63) is 81.9 Å². The molecule has 0 aromatic heterocycles. The molecule has 12 heteroatoms. The summed E-state index contributed by atoms with van der Waals surface area (Å²) in [7, 11) is 1.16. The fourth-order valence-corrected chi connectivity index (χ4v) is 6.18. The van der Waals surface area contributed by atoms with E-state index in [1.54, 1.807) is 20.8 Å². The molecule has 0 saturated carbocycles. The van der Waals surface area contributed by atoms with Crippen LogP contribution in [0.5, 0.6) is 11.5 Å². The summed E-state index contributed by atoms with van der Waals surface area (Å²) in [4.78, 5) is 25.5. The number of methoxy groups -OCH3 is 1. The molecule has 0 radical (unpaired) electrons. The Balaban J connectivity index is 1.50. The van der Waals surface area contributed by atoms with Crippen molar-refractivity contribution in [1.82, 2.24) is 5.32 Å². The first-order valence-electron chi connectivity index (χ1n) is 15.9. The number of fused-ring (bicyclic) bond motifs is 1. The van der Waals surface area contributed by atoms with Gasteiger partial charge in [-0.05, 0) is 57.7 Å². The van der Waals surface area contributed by atoms with Crippen molar-refractivity contribution < 1.29 is 46.8 Å². The molecule has 1 fully saturated rings. The molecule has 5 rings (SSSR count). The third-order valence-electron chi connectivity index (χ3n) is 8.00. The fourth-order valence-electron chi connectivity index (χ4n) is 5.91. The molecule has 0 unspecified atom stereocenters. The largest absolute Gasteiger partial charge is 0.488 e. The van der Waals surface area contributed by atoms with E-state index in [0.29, 0.717) is 17.7 Å². The molecule has 3 aromatic rings. The van der Waals surface area contributed by atoms with Crippen LogP contribution in [0.1, 0.15) is 61.5 Å². The maximum atomic E-state index is 16.5. The van der Waals surface area contributed by atoms with Crippen LogP contribution in [0.2, 0.25) is 5.02 Å². The highest BCUT2D eigenvalue weighted by atomic mass is 35.5. The highest BCUT2D eigenvalue weighted by Crippen LogP contribution is 2.50. The summed E-state index contributed by atoms with van der Waals surface area (Å²) in [6.45, 7) is 6.05. The Kier molecular flexibility index (Phi) is 11.2. The van der Waals surface area contributed by atoms with Crippen molar-refractivity contribution in [3.8, 4) is 22.6 Å². The maximum absolute atomic E-state index is 16.5. The van der Waals surface area contributed by atoms with Gasteiger partial charge in [-0.3, -0.25) is 4.79 Å². The number of halogens is 3. The quantitative estimate of drug-likeness (QED) is 0.164. The molecule has 0 aliphatic carbocycles. The van der Waals surface area contributed by atoms with Gasteiger partial charge in [0.15, 0.2) is 23.5 Å². The minimum atomic E-state index is -1.16. The molecule has 0 spiro atoms. The van der Waals surface area contributed by atoms with E-state index < -0.39 is 39.8 Å². The molecule has 48 heavy (non-hydrogen) atoms. The van der Waals surface area contributed by atoms with Gasteiger partial charge in [0.05, 0.1) is 30.8 Å². The predicted molar refractivity (Wildman–Crippen MR) is 174 cm³/mol. The van der Waals surface area contributed by atoms with Gasteiger partial charge < -0.3 is 33.7 Å². The Morgan fingerprint density at radius 1 is 1.06 bits per heavy atom. The third-order valence-corrected chi connectivity index (χ3v) is 8.37. The molecule has 0 bridgehead atoms. The van der Waals surface area contributed by atoms with Crippen LogP contribution in [0.4, 0.5) is 8.78 Å². The first-order valence-corrected chi connectivity index (χ1v) is 16.3. The second kappa shape index (κ2) is 15.2. The number of benzene rings is 3. The summed E-state index contributed by atoms with van der Waals surface area (Å²) >= 11 is 6.61. The summed E-state index contributed by atoms with van der Waals surface area (Å²) in [5.41, 5.74) is -1.28. The van der Waals surface area contributed by atoms with Gasteiger partial charge >= 0.3 is 11.9 Å². The van der Waals surface area contributed by atoms with Crippen molar-refractivity contribution in [1.29, 1.82) is 0 Å². The molecule has 258 valence electrons. The van der Waals surface area contributed by atoms with Gasteiger partial charge in [-0.1, -0.05) is 41.9 Å². The lowest BCUT2D eigenvalue weighted by Crippen LogP contribution is -2.44. The Hall–Kier alpha value is -3.77. The van der Waals surface area contributed by atoms with Crippen molar-refractivity contribution in [2.45, 2.75) is 63.9 Å². The molecule has 9 nitrogen and oxygen atoms in total. The first-order chi connectivity index (χ1) is 22.9. The Morgan fingerprint density at radius 3 is 2.52 bits per heavy atom. The summed E-state index contributed by atoms with van der Waals surface area (Å²) in [5.74, 6) is -3.20. The van der Waals surface area contributed by atoms with Crippen LogP contribution in [-0.4, -0.2) is 63.8 Å². The van der Waals surface area contributed by atoms with Gasteiger partial charge in [0.1, 0.15) is 23.8 Å². The third kappa shape index (κ3) is 8.08. The topological polar surface area (TPSA) is 102 Å². The van der Waals surface area contributed by atoms with Crippen LogP contribution < -0.4 is 14.8 Å². The van der Waals surface area contributed by atoms with E-state index in [-0.39, 0.29) is 67.2 Å². The maximum Gasteiger partial charge on any atom is 0.338 e. The van der Waals surface area contributed by atoms with Crippen LogP contribution in [-0.2, 0) is 35.8 Å². The van der Waals surface area contributed by atoms with Gasteiger partial charge in [-0.2, -0.15) is 0 Å². The van der Waals surface area contributed by atoms with Crippen molar-refractivity contribution >= 4 is 23.5 Å². The van der Waals surface area contributed by atoms with Crippen LogP contribution in [0.3, 0.4) is 0 Å². The lowest BCUT2D eigenvalue weighted by atomic mass is 9.85. The van der Waals surface area contributed by atoms with E-state index in [1.807, 2.05) is 30.3 Å². The smallest absolute Gasteiger partial charge is 0.338 e. The average Bonchev–Trinajstić information content (AvgIpc) is 3.43. The van der Waals surface area contributed by atoms with Crippen molar-refractivity contribution in [2.75, 3.05) is 40.0 Å². The van der Waals surface area contributed by atoms with Crippen LogP contribution in [0.25, 0.3) is 11.1 Å². The number of carbonyl (C=O) groups is 2. The molecular formula is C36H40ClF2NO8. The van der Waals surface area contributed by atoms with Gasteiger partial charge in [-0.25, -0.2) is 13.6 Å².